The van der Waals surface area contributed by atoms with Gasteiger partial charge >= 0.3 is 355 Å². The Morgan fingerprint density at radius 3 is 1.05 bits per heavy atom. The van der Waals surface area contributed by atoms with Crippen molar-refractivity contribution in [3.8, 4) is 34.5 Å². The van der Waals surface area contributed by atoms with Crippen LogP contribution in [-0.4, -0.2) is 29.2 Å². The second kappa shape index (κ2) is 17.6. The molecule has 0 aliphatic carbocycles. The summed E-state index contributed by atoms with van der Waals surface area (Å²) in [5.74, 6) is -0.842. The number of benzene rings is 6. The Morgan fingerprint density at radius 2 is 0.746 bits per heavy atom. The van der Waals surface area contributed by atoms with E-state index in [1.165, 1.54) is 72.8 Å². The Morgan fingerprint density at radius 1 is 0.444 bits per heavy atom. The zero-order valence-electron chi connectivity index (χ0n) is 31.5. The summed E-state index contributed by atoms with van der Waals surface area (Å²) in [4.78, 5) is 65.0. The monoisotopic (exact) mass is 920 g/mol. The molecule has 1 heterocycles. The van der Waals surface area contributed by atoms with Gasteiger partial charge in [-0.1, -0.05) is 0 Å². The molecule has 0 bridgehead atoms. The summed E-state index contributed by atoms with van der Waals surface area (Å²) in [7, 11) is -11.7. The topological polar surface area (TPSA) is 299 Å². The predicted molar refractivity (Wildman–Crippen MR) is 225 cm³/mol. The molecule has 1 atom stereocenters. The standard InChI is InChI=1S/C36H27N8O16P3/c45-39(46)26-6-16-32(17-7-26)56-62(57-33-18-8-27(9-19-33)40(47)48)37-61-38-63(44(62)55-31-4-2-1-3-5-31,58-34-20-10-28(11-21-34)41(49)50,59-35-22-12-29(13-23-35)42(51)52)60-36-24-14-30(15-25-36)43(53)54/h1-25,38,61H. The molecular formula is C36H27N8O16P3. The average molecular weight is 921 g/mol. The van der Waals surface area contributed by atoms with Gasteiger partial charge in [0, 0.05) is 0 Å². The van der Waals surface area contributed by atoms with E-state index in [0.29, 0.717) is 0 Å². The number of nitrogens with zero attached hydrogens (tertiary/aromatic N) is 7. The van der Waals surface area contributed by atoms with E-state index in [9.17, 15) is 50.6 Å². The van der Waals surface area contributed by atoms with Crippen molar-refractivity contribution in [2.24, 2.45) is 4.52 Å². The van der Waals surface area contributed by atoms with Gasteiger partial charge in [0.2, 0.25) is 0 Å². The van der Waals surface area contributed by atoms with E-state index >= 15 is 0 Å². The zero-order valence-corrected chi connectivity index (χ0v) is 34.3. The van der Waals surface area contributed by atoms with E-state index in [-0.39, 0.29) is 62.9 Å². The van der Waals surface area contributed by atoms with Gasteiger partial charge in [0.25, 0.3) is 0 Å². The van der Waals surface area contributed by atoms with Crippen molar-refractivity contribution in [2.45, 2.75) is 0 Å². The Hall–Kier alpha value is -7.87. The van der Waals surface area contributed by atoms with Crippen molar-refractivity contribution in [1.29, 1.82) is 0 Å². The molecule has 6 aromatic rings. The minimum absolute atomic E-state index is 0.00426. The summed E-state index contributed by atoms with van der Waals surface area (Å²) in [6.07, 6.45) is 0. The SMILES string of the molecule is O=[N+]([O-])c1ccc(OP2(Oc3ccc([N+](=O)[O-])cc3)=NPNP(Oc3ccc([N+](=O)[O-])cc3)(Oc3ccc([N+](=O)[O-])cc3)(Oc3ccc([N+](=O)[O-])cc3)N2Oc2ccccc2)cc1. The number of rotatable bonds is 17. The second-order valence-corrected chi connectivity index (χ2v) is 19.1. The molecule has 322 valence electrons. The third kappa shape index (κ3) is 9.39. The van der Waals surface area contributed by atoms with Gasteiger partial charge in [0.1, 0.15) is 0 Å². The van der Waals surface area contributed by atoms with Crippen LogP contribution in [0.15, 0.2) is 156 Å². The molecule has 24 nitrogen and oxygen atoms in total. The molecule has 1 aliphatic heterocycles. The van der Waals surface area contributed by atoms with Crippen LogP contribution in [-0.2, 0) is 0 Å². The first-order chi connectivity index (χ1) is 30.2. The van der Waals surface area contributed by atoms with Gasteiger partial charge in [0.05, 0.1) is 0 Å². The molecule has 63 heavy (non-hydrogen) atoms. The van der Waals surface area contributed by atoms with Crippen LogP contribution in [0, 0.1) is 50.6 Å². The van der Waals surface area contributed by atoms with Gasteiger partial charge in [-0.3, -0.25) is 0 Å². The Balaban J connectivity index is 1.56. The van der Waals surface area contributed by atoms with Crippen molar-refractivity contribution in [2.75, 3.05) is 0 Å². The van der Waals surface area contributed by atoms with Gasteiger partial charge < -0.3 is 0 Å². The molecule has 0 fully saturated rings. The molecule has 1 unspecified atom stereocenters. The number of nitro groups is 5. The van der Waals surface area contributed by atoms with Gasteiger partial charge in [-0.25, -0.2) is 0 Å². The van der Waals surface area contributed by atoms with Crippen molar-refractivity contribution in [3.05, 3.63) is 202 Å². The molecule has 0 radical (unpaired) electrons. The molecule has 6 aromatic carbocycles. The number of hydrogen-bond donors (Lipinski definition) is 1. The first kappa shape index (κ1) is 43.2. The molecule has 1 N–H and O–H groups in total. The first-order valence-electron chi connectivity index (χ1n) is 17.6. The summed E-state index contributed by atoms with van der Waals surface area (Å²) < 4.78 is 39.5. The molecule has 27 heteroatoms. The van der Waals surface area contributed by atoms with Crippen LogP contribution in [0.25, 0.3) is 0 Å². The van der Waals surface area contributed by atoms with Gasteiger partial charge in [0.15, 0.2) is 0 Å². The number of non-ortho nitro benzene ring substituents is 5. The van der Waals surface area contributed by atoms with Crippen molar-refractivity contribution in [3.63, 3.8) is 0 Å². The molecule has 0 saturated carbocycles. The molecule has 1 aliphatic rings. The maximum atomic E-state index is 11.7. The van der Waals surface area contributed by atoms with E-state index in [1.54, 1.807) is 18.2 Å². The quantitative estimate of drug-likeness (QED) is 0.0505. The molecule has 7 rings (SSSR count). The van der Waals surface area contributed by atoms with E-state index in [4.69, 9.17) is 32.0 Å². The third-order valence-corrected chi connectivity index (χ3v) is 16.9. The number of hydrogen-bond acceptors (Lipinski definition) is 19. The molecule has 0 amide bonds. The van der Waals surface area contributed by atoms with Crippen molar-refractivity contribution < 1.29 is 52.1 Å². The predicted octanol–water partition coefficient (Wildman–Crippen LogP) is 10.4. The van der Waals surface area contributed by atoms with Crippen LogP contribution in [0.1, 0.15) is 0 Å². The van der Waals surface area contributed by atoms with E-state index in [1.807, 2.05) is 0 Å². The first-order valence-corrected chi connectivity index (χ1v) is 22.0. The molecular weight excluding hydrogens is 893 g/mol. The molecule has 0 saturated heterocycles. The summed E-state index contributed by atoms with van der Waals surface area (Å²) in [5, 5.41) is 58.5. The second-order valence-electron chi connectivity index (χ2n) is 12.5. The number of para-hydroxylation sites is 1. The van der Waals surface area contributed by atoms with Gasteiger partial charge in [-0.05, 0) is 0 Å². The van der Waals surface area contributed by atoms with Crippen LogP contribution >= 0.6 is 24.1 Å². The minimum atomic E-state index is -6.10. The Bertz CT molecular complexity index is 2550. The van der Waals surface area contributed by atoms with Crippen LogP contribution in [0.2, 0.25) is 0 Å². The van der Waals surface area contributed by atoms with Crippen LogP contribution in [0.3, 0.4) is 0 Å². The van der Waals surface area contributed by atoms with Crippen LogP contribution in [0.5, 0.6) is 34.5 Å². The molecule has 0 spiro atoms. The Labute approximate surface area is 354 Å². The normalized spacial score (nSPS) is 15.8. The summed E-state index contributed by atoms with van der Waals surface area (Å²) in [5.41, 5.74) is -1.70. The third-order valence-electron chi connectivity index (χ3n) is 8.34. The number of nitrogens with one attached hydrogen (secondary N) is 1. The molecule has 0 aromatic heterocycles. The van der Waals surface area contributed by atoms with Gasteiger partial charge in [-0.2, -0.15) is 0 Å². The van der Waals surface area contributed by atoms with Gasteiger partial charge in [-0.15, -0.1) is 0 Å². The van der Waals surface area contributed by atoms with Crippen LogP contribution < -0.4 is 32.3 Å². The number of nitro benzene ring substituents is 5. The zero-order chi connectivity index (χ0) is 44.8. The summed E-state index contributed by atoms with van der Waals surface area (Å²) in [6.45, 7) is 0. The van der Waals surface area contributed by atoms with E-state index in [2.05, 4.69) is 4.86 Å². The fourth-order valence-corrected chi connectivity index (χ4v) is 14.8. The van der Waals surface area contributed by atoms with E-state index in [0.717, 1.165) is 65.3 Å². The van der Waals surface area contributed by atoms with Crippen LogP contribution in [0.4, 0.5) is 28.4 Å². The average Bonchev–Trinajstić information content (AvgIpc) is 3.26. The Kier molecular flexibility index (Phi) is 12.1. The van der Waals surface area contributed by atoms with Crippen molar-refractivity contribution in [1.82, 2.24) is 9.46 Å². The maximum absolute atomic E-state index is 11.7. The summed E-state index contributed by atoms with van der Waals surface area (Å²) in [6, 6.07) is 30.9. The van der Waals surface area contributed by atoms with E-state index < -0.39 is 48.7 Å². The summed E-state index contributed by atoms with van der Waals surface area (Å²) >= 11 is 0. The van der Waals surface area contributed by atoms with Crippen molar-refractivity contribution >= 4 is 52.6 Å². The fourth-order valence-electron chi connectivity index (χ4n) is 5.48. The fraction of sp³-hybridized carbons (Fsp3) is 0.